The summed E-state index contributed by atoms with van der Waals surface area (Å²) in [5.41, 5.74) is 0.722. The Kier molecular flexibility index (Phi) is 1.08. The largest absolute Gasteiger partial charge is 0.279 e. The number of hydrogen-bond acceptors (Lipinski definition) is 2. The zero-order chi connectivity index (χ0) is 5.11. The SMILES string of the molecule is N#CC1=NCCC1. The quantitative estimate of drug-likeness (QED) is 0.436. The van der Waals surface area contributed by atoms with Gasteiger partial charge in [-0.1, -0.05) is 0 Å². The highest BCUT2D eigenvalue weighted by atomic mass is 14.8. The van der Waals surface area contributed by atoms with Gasteiger partial charge in [-0.05, 0) is 6.42 Å². The van der Waals surface area contributed by atoms with Crippen LogP contribution in [0.25, 0.3) is 0 Å². The van der Waals surface area contributed by atoms with Gasteiger partial charge in [0.2, 0.25) is 0 Å². The Bertz CT molecular complexity index is 130. The molecule has 0 aliphatic carbocycles. The van der Waals surface area contributed by atoms with Gasteiger partial charge < -0.3 is 0 Å². The first-order chi connectivity index (χ1) is 3.43. The van der Waals surface area contributed by atoms with Crippen molar-refractivity contribution in [2.75, 3.05) is 6.54 Å². The number of nitriles is 1. The van der Waals surface area contributed by atoms with Crippen LogP contribution in [0.4, 0.5) is 0 Å². The smallest absolute Gasteiger partial charge is 0.114 e. The molecule has 1 rings (SSSR count). The second-order valence-corrected chi connectivity index (χ2v) is 1.54. The normalized spacial score (nSPS) is 18.4. The summed E-state index contributed by atoms with van der Waals surface area (Å²) in [7, 11) is 0. The molecule has 0 radical (unpaired) electrons. The molecule has 7 heavy (non-hydrogen) atoms. The highest BCUT2D eigenvalue weighted by Gasteiger charge is 2.01. The van der Waals surface area contributed by atoms with E-state index in [1.807, 2.05) is 6.07 Å². The number of rotatable bonds is 0. The molecule has 0 bridgehead atoms. The minimum atomic E-state index is 0.722. The molecule has 36 valence electrons. The van der Waals surface area contributed by atoms with Gasteiger partial charge >= 0.3 is 0 Å². The second kappa shape index (κ2) is 1.74. The summed E-state index contributed by atoms with van der Waals surface area (Å²) in [6, 6.07) is 2.01. The first-order valence-corrected chi connectivity index (χ1v) is 2.37. The molecule has 0 saturated heterocycles. The van der Waals surface area contributed by atoms with Crippen molar-refractivity contribution in [3.05, 3.63) is 0 Å². The third-order valence-electron chi connectivity index (χ3n) is 1.00. The first kappa shape index (κ1) is 4.32. The lowest BCUT2D eigenvalue weighted by molar-refractivity contribution is 0.951. The Hall–Kier alpha value is -0.840. The summed E-state index contributed by atoms with van der Waals surface area (Å²) in [4.78, 5) is 3.91. The summed E-state index contributed by atoms with van der Waals surface area (Å²) < 4.78 is 0. The van der Waals surface area contributed by atoms with E-state index < -0.39 is 0 Å². The minimum Gasteiger partial charge on any atom is -0.279 e. The molecule has 2 nitrogen and oxygen atoms in total. The molecule has 2 heteroatoms. The highest BCUT2D eigenvalue weighted by molar-refractivity contribution is 5.99. The first-order valence-electron chi connectivity index (χ1n) is 2.37. The second-order valence-electron chi connectivity index (χ2n) is 1.54. The zero-order valence-electron chi connectivity index (χ0n) is 4.02. The molecular weight excluding hydrogens is 88.1 g/mol. The molecule has 1 heterocycles. The summed E-state index contributed by atoms with van der Waals surface area (Å²) in [5, 5.41) is 8.19. The van der Waals surface area contributed by atoms with Gasteiger partial charge in [0, 0.05) is 13.0 Å². The maximum atomic E-state index is 8.19. The van der Waals surface area contributed by atoms with Crippen molar-refractivity contribution < 1.29 is 0 Å². The third-order valence-corrected chi connectivity index (χ3v) is 1.00. The molecule has 0 N–H and O–H groups in total. The van der Waals surface area contributed by atoms with Crippen LogP contribution >= 0.6 is 0 Å². The fraction of sp³-hybridized carbons (Fsp3) is 0.600. The molecule has 0 aromatic rings. The highest BCUT2D eigenvalue weighted by Crippen LogP contribution is 2.01. The van der Waals surface area contributed by atoms with Crippen LogP contribution in [0.3, 0.4) is 0 Å². The lowest BCUT2D eigenvalue weighted by atomic mass is 10.3. The zero-order valence-corrected chi connectivity index (χ0v) is 4.02. The summed E-state index contributed by atoms with van der Waals surface area (Å²) in [6.45, 7) is 0.864. The summed E-state index contributed by atoms with van der Waals surface area (Å²) >= 11 is 0. The van der Waals surface area contributed by atoms with Crippen LogP contribution in [0.15, 0.2) is 4.99 Å². The van der Waals surface area contributed by atoms with E-state index in [0.29, 0.717) is 0 Å². The van der Waals surface area contributed by atoms with E-state index in [2.05, 4.69) is 4.99 Å². The average molecular weight is 94.1 g/mol. The lowest BCUT2D eigenvalue weighted by Crippen LogP contribution is -1.82. The minimum absolute atomic E-state index is 0.722. The van der Waals surface area contributed by atoms with Crippen LogP contribution in [0.2, 0.25) is 0 Å². The fourth-order valence-corrected chi connectivity index (χ4v) is 0.631. The fourth-order valence-electron chi connectivity index (χ4n) is 0.631. The predicted molar refractivity (Wildman–Crippen MR) is 27.1 cm³/mol. The summed E-state index contributed by atoms with van der Waals surface area (Å²) in [5.74, 6) is 0. The van der Waals surface area contributed by atoms with Crippen molar-refractivity contribution in [2.45, 2.75) is 12.8 Å². The van der Waals surface area contributed by atoms with Crippen LogP contribution in [0, 0.1) is 11.3 Å². The van der Waals surface area contributed by atoms with E-state index in [1.54, 1.807) is 0 Å². The summed E-state index contributed by atoms with van der Waals surface area (Å²) in [6.07, 6.45) is 1.97. The molecule has 1 aliphatic heterocycles. The van der Waals surface area contributed by atoms with Gasteiger partial charge in [-0.2, -0.15) is 5.26 Å². The molecule has 0 fully saturated rings. The number of aliphatic imine (C=N–C) groups is 1. The van der Waals surface area contributed by atoms with Crippen LogP contribution in [0.1, 0.15) is 12.8 Å². The number of hydrogen-bond donors (Lipinski definition) is 0. The molecule has 1 aliphatic rings. The maximum Gasteiger partial charge on any atom is 0.114 e. The average Bonchev–Trinajstić information content (AvgIpc) is 2.14. The number of nitrogens with zero attached hydrogens (tertiary/aromatic N) is 2. The monoisotopic (exact) mass is 94.1 g/mol. The Morgan fingerprint density at radius 2 is 2.57 bits per heavy atom. The Labute approximate surface area is 42.5 Å². The molecule has 0 unspecified atom stereocenters. The van der Waals surface area contributed by atoms with E-state index >= 15 is 0 Å². The standard InChI is InChI=1S/C5H6N2/c6-4-5-2-1-3-7-5/h1-3H2. The van der Waals surface area contributed by atoms with Crippen LogP contribution in [-0.2, 0) is 0 Å². The van der Waals surface area contributed by atoms with Crippen molar-refractivity contribution in [2.24, 2.45) is 4.99 Å². The van der Waals surface area contributed by atoms with Gasteiger partial charge in [0.05, 0.1) is 0 Å². The van der Waals surface area contributed by atoms with E-state index in [0.717, 1.165) is 25.1 Å². The van der Waals surface area contributed by atoms with E-state index in [-0.39, 0.29) is 0 Å². The predicted octanol–water partition coefficient (Wildman–Crippen LogP) is 0.745. The van der Waals surface area contributed by atoms with Gasteiger partial charge in [0.1, 0.15) is 11.8 Å². The lowest BCUT2D eigenvalue weighted by Gasteiger charge is -1.73. The molecular formula is C5H6N2. The van der Waals surface area contributed by atoms with Crippen molar-refractivity contribution in [1.82, 2.24) is 0 Å². The Morgan fingerprint density at radius 3 is 2.86 bits per heavy atom. The van der Waals surface area contributed by atoms with E-state index in [9.17, 15) is 0 Å². The van der Waals surface area contributed by atoms with Gasteiger partial charge in [-0.25, -0.2) is 0 Å². The Morgan fingerprint density at radius 1 is 1.71 bits per heavy atom. The molecule has 0 aromatic heterocycles. The Balaban J connectivity index is 2.57. The molecule has 0 aromatic carbocycles. The van der Waals surface area contributed by atoms with Gasteiger partial charge in [0.15, 0.2) is 0 Å². The molecule has 0 atom stereocenters. The van der Waals surface area contributed by atoms with Crippen molar-refractivity contribution >= 4 is 5.71 Å². The van der Waals surface area contributed by atoms with Crippen LogP contribution < -0.4 is 0 Å². The van der Waals surface area contributed by atoms with Gasteiger partial charge in [0.25, 0.3) is 0 Å². The van der Waals surface area contributed by atoms with Crippen molar-refractivity contribution in [3.63, 3.8) is 0 Å². The van der Waals surface area contributed by atoms with Gasteiger partial charge in [-0.3, -0.25) is 4.99 Å². The molecule has 0 saturated carbocycles. The maximum absolute atomic E-state index is 8.19. The molecule has 0 spiro atoms. The topological polar surface area (TPSA) is 36.1 Å². The van der Waals surface area contributed by atoms with E-state index in [4.69, 9.17) is 5.26 Å². The van der Waals surface area contributed by atoms with Crippen LogP contribution in [0.5, 0.6) is 0 Å². The van der Waals surface area contributed by atoms with Crippen molar-refractivity contribution in [1.29, 1.82) is 5.26 Å². The third kappa shape index (κ3) is 0.774. The van der Waals surface area contributed by atoms with Crippen molar-refractivity contribution in [3.8, 4) is 6.07 Å². The van der Waals surface area contributed by atoms with E-state index in [1.165, 1.54) is 0 Å². The molecule has 0 amide bonds. The van der Waals surface area contributed by atoms with Crippen LogP contribution in [-0.4, -0.2) is 12.3 Å². The van der Waals surface area contributed by atoms with Gasteiger partial charge in [-0.15, -0.1) is 0 Å².